The van der Waals surface area contributed by atoms with Crippen LogP contribution in [-0.4, -0.2) is 44.4 Å². The Morgan fingerprint density at radius 2 is 2.10 bits per heavy atom. The van der Waals surface area contributed by atoms with Crippen LogP contribution in [0.1, 0.15) is 24.5 Å². The van der Waals surface area contributed by atoms with Gasteiger partial charge in [-0.2, -0.15) is 5.10 Å². The highest BCUT2D eigenvalue weighted by atomic mass is 16.4. The minimum Gasteiger partial charge on any atom is -0.465 e. The van der Waals surface area contributed by atoms with Gasteiger partial charge >= 0.3 is 6.09 Å². The third-order valence-electron chi connectivity index (χ3n) is 3.73. The molecule has 3 heterocycles. The maximum atomic E-state index is 10.9. The molecule has 1 aliphatic heterocycles. The molecule has 1 aliphatic rings. The van der Waals surface area contributed by atoms with Crippen molar-refractivity contribution in [3.8, 4) is 11.4 Å². The quantitative estimate of drug-likeness (QED) is 0.879. The van der Waals surface area contributed by atoms with E-state index in [0.717, 1.165) is 29.9 Å². The molecule has 1 amide bonds. The summed E-state index contributed by atoms with van der Waals surface area (Å²) in [6.07, 6.45) is 2.57. The molecule has 3 rings (SSSR count). The van der Waals surface area contributed by atoms with Crippen LogP contribution < -0.4 is 0 Å². The van der Waals surface area contributed by atoms with Crippen molar-refractivity contribution in [3.05, 3.63) is 36.2 Å². The van der Waals surface area contributed by atoms with Crippen LogP contribution in [0.4, 0.5) is 4.79 Å². The van der Waals surface area contributed by atoms with Gasteiger partial charge in [-0.05, 0) is 31.0 Å². The Morgan fingerprint density at radius 1 is 1.30 bits per heavy atom. The maximum Gasteiger partial charge on any atom is 0.407 e. The molecule has 0 bridgehead atoms. The Kier molecular flexibility index (Phi) is 3.37. The highest BCUT2D eigenvalue weighted by Gasteiger charge is 2.24. The van der Waals surface area contributed by atoms with Gasteiger partial charge in [-0.1, -0.05) is 6.07 Å². The third-order valence-corrected chi connectivity index (χ3v) is 3.73. The van der Waals surface area contributed by atoms with Gasteiger partial charge in [0.15, 0.2) is 0 Å². The minimum absolute atomic E-state index is 0.343. The summed E-state index contributed by atoms with van der Waals surface area (Å²) in [4.78, 5) is 16.6. The Morgan fingerprint density at radius 3 is 2.75 bits per heavy atom. The number of carboxylic acid groups (broad SMARTS) is 1. The van der Waals surface area contributed by atoms with Gasteiger partial charge in [0.2, 0.25) is 0 Å². The van der Waals surface area contributed by atoms with Crippen molar-refractivity contribution >= 4 is 6.09 Å². The third kappa shape index (κ3) is 2.49. The SMILES string of the molecule is O=C(O)N1CCC(c2cc(-c3ccccn3)n[nH]2)CC1. The fraction of sp³-hybridized carbons (Fsp3) is 0.357. The highest BCUT2D eigenvalue weighted by Crippen LogP contribution is 2.28. The molecule has 0 spiro atoms. The van der Waals surface area contributed by atoms with E-state index in [1.165, 1.54) is 4.90 Å². The average Bonchev–Trinajstić information content (AvgIpc) is 2.98. The predicted molar refractivity (Wildman–Crippen MR) is 73.4 cm³/mol. The number of pyridine rings is 1. The number of hydrogen-bond acceptors (Lipinski definition) is 3. The van der Waals surface area contributed by atoms with Crippen molar-refractivity contribution in [1.29, 1.82) is 0 Å². The van der Waals surface area contributed by atoms with Crippen LogP contribution in [0.2, 0.25) is 0 Å². The Hall–Kier alpha value is -2.37. The van der Waals surface area contributed by atoms with Crippen LogP contribution in [0, 0.1) is 0 Å². The van der Waals surface area contributed by atoms with E-state index in [1.807, 2.05) is 24.3 Å². The number of likely N-dealkylation sites (tertiary alicyclic amines) is 1. The van der Waals surface area contributed by atoms with Crippen molar-refractivity contribution < 1.29 is 9.90 Å². The van der Waals surface area contributed by atoms with Crippen LogP contribution in [0.25, 0.3) is 11.4 Å². The number of piperidine rings is 1. The lowest BCUT2D eigenvalue weighted by Crippen LogP contribution is -2.36. The molecular weight excluding hydrogens is 256 g/mol. The molecule has 20 heavy (non-hydrogen) atoms. The van der Waals surface area contributed by atoms with Gasteiger partial charge in [0.1, 0.15) is 5.69 Å². The van der Waals surface area contributed by atoms with E-state index >= 15 is 0 Å². The molecule has 104 valence electrons. The summed E-state index contributed by atoms with van der Waals surface area (Å²) in [6.45, 7) is 1.16. The average molecular weight is 272 g/mol. The minimum atomic E-state index is -0.831. The monoisotopic (exact) mass is 272 g/mol. The van der Waals surface area contributed by atoms with Crippen LogP contribution in [0.15, 0.2) is 30.5 Å². The van der Waals surface area contributed by atoms with E-state index in [-0.39, 0.29) is 0 Å². The molecular formula is C14H16N4O2. The number of amides is 1. The summed E-state index contributed by atoms with van der Waals surface area (Å²) in [5.74, 6) is 0.343. The van der Waals surface area contributed by atoms with Gasteiger partial charge in [-0.25, -0.2) is 4.79 Å². The molecule has 0 atom stereocenters. The summed E-state index contributed by atoms with van der Waals surface area (Å²) in [5.41, 5.74) is 2.75. The molecule has 0 radical (unpaired) electrons. The zero-order valence-electron chi connectivity index (χ0n) is 11.0. The smallest absolute Gasteiger partial charge is 0.407 e. The number of nitrogens with one attached hydrogen (secondary N) is 1. The number of aromatic amines is 1. The summed E-state index contributed by atoms with van der Waals surface area (Å²) < 4.78 is 0. The first-order valence-electron chi connectivity index (χ1n) is 6.68. The van der Waals surface area contributed by atoms with Crippen molar-refractivity contribution in [3.63, 3.8) is 0 Å². The van der Waals surface area contributed by atoms with Crippen LogP contribution in [0.5, 0.6) is 0 Å². The molecule has 1 fully saturated rings. The van der Waals surface area contributed by atoms with Crippen molar-refractivity contribution in [2.45, 2.75) is 18.8 Å². The highest BCUT2D eigenvalue weighted by molar-refractivity contribution is 5.65. The number of aromatic nitrogens is 3. The van der Waals surface area contributed by atoms with Gasteiger partial charge in [0.25, 0.3) is 0 Å². The number of hydrogen-bond donors (Lipinski definition) is 2. The standard InChI is InChI=1S/C14H16N4O2/c19-14(20)18-7-4-10(5-8-18)12-9-13(17-16-12)11-3-1-2-6-15-11/h1-3,6,9-10H,4-5,7-8H2,(H,16,17)(H,19,20). The van der Waals surface area contributed by atoms with E-state index in [0.29, 0.717) is 19.0 Å². The first-order valence-corrected chi connectivity index (χ1v) is 6.68. The fourth-order valence-electron chi connectivity index (χ4n) is 2.57. The second-order valence-corrected chi connectivity index (χ2v) is 4.97. The van der Waals surface area contributed by atoms with Gasteiger partial charge in [0, 0.05) is 30.9 Å². The number of rotatable bonds is 2. The molecule has 0 unspecified atom stereocenters. The molecule has 6 heteroatoms. The topological polar surface area (TPSA) is 82.1 Å². The number of H-pyrrole nitrogens is 1. The van der Waals surface area contributed by atoms with E-state index < -0.39 is 6.09 Å². The van der Waals surface area contributed by atoms with Gasteiger partial charge in [0.05, 0.1) is 5.69 Å². The second-order valence-electron chi connectivity index (χ2n) is 4.97. The predicted octanol–water partition coefficient (Wildman–Crippen LogP) is 2.33. The Labute approximate surface area is 116 Å². The largest absolute Gasteiger partial charge is 0.465 e. The molecule has 2 aromatic rings. The van der Waals surface area contributed by atoms with Gasteiger partial charge in [-0.3, -0.25) is 10.1 Å². The Balaban J connectivity index is 1.71. The normalized spacial score (nSPS) is 16.3. The molecule has 0 aliphatic carbocycles. The van der Waals surface area contributed by atoms with Crippen LogP contribution >= 0.6 is 0 Å². The molecule has 0 saturated carbocycles. The number of carbonyl (C=O) groups is 1. The molecule has 2 aromatic heterocycles. The zero-order valence-corrected chi connectivity index (χ0v) is 11.0. The van der Waals surface area contributed by atoms with E-state index in [4.69, 9.17) is 5.11 Å². The first kappa shape index (κ1) is 12.7. The molecule has 1 saturated heterocycles. The van der Waals surface area contributed by atoms with Crippen LogP contribution in [-0.2, 0) is 0 Å². The summed E-state index contributed by atoms with van der Waals surface area (Å²) >= 11 is 0. The molecule has 6 nitrogen and oxygen atoms in total. The maximum absolute atomic E-state index is 10.9. The van der Waals surface area contributed by atoms with E-state index in [2.05, 4.69) is 15.2 Å². The van der Waals surface area contributed by atoms with Gasteiger partial charge < -0.3 is 10.0 Å². The summed E-state index contributed by atoms with van der Waals surface area (Å²) in [7, 11) is 0. The van der Waals surface area contributed by atoms with E-state index in [9.17, 15) is 4.79 Å². The van der Waals surface area contributed by atoms with E-state index in [1.54, 1.807) is 6.20 Å². The lowest BCUT2D eigenvalue weighted by molar-refractivity contribution is 0.131. The van der Waals surface area contributed by atoms with Crippen molar-refractivity contribution in [1.82, 2.24) is 20.1 Å². The Bertz CT molecular complexity index is 588. The van der Waals surface area contributed by atoms with Crippen molar-refractivity contribution in [2.24, 2.45) is 0 Å². The molecule has 0 aromatic carbocycles. The number of nitrogens with zero attached hydrogens (tertiary/aromatic N) is 3. The fourth-order valence-corrected chi connectivity index (χ4v) is 2.57. The summed E-state index contributed by atoms with van der Waals surface area (Å²) in [5, 5.41) is 16.3. The second kappa shape index (κ2) is 5.32. The zero-order chi connectivity index (χ0) is 13.9. The molecule has 2 N–H and O–H groups in total. The lowest BCUT2D eigenvalue weighted by atomic mass is 9.93. The van der Waals surface area contributed by atoms with Gasteiger partial charge in [-0.15, -0.1) is 0 Å². The lowest BCUT2D eigenvalue weighted by Gasteiger charge is -2.29. The summed E-state index contributed by atoms with van der Waals surface area (Å²) in [6, 6.07) is 7.75. The van der Waals surface area contributed by atoms with Crippen molar-refractivity contribution in [2.75, 3.05) is 13.1 Å². The first-order chi connectivity index (χ1) is 9.74. The van der Waals surface area contributed by atoms with Crippen LogP contribution in [0.3, 0.4) is 0 Å².